The van der Waals surface area contributed by atoms with Gasteiger partial charge in [-0.25, -0.2) is 4.39 Å². The fourth-order valence-corrected chi connectivity index (χ4v) is 1.75. The average Bonchev–Trinajstić information content (AvgIpc) is 2.80. The number of ether oxygens (including phenoxy) is 1. The summed E-state index contributed by atoms with van der Waals surface area (Å²) in [4.78, 5) is 0. The van der Waals surface area contributed by atoms with Crippen LogP contribution in [0.15, 0.2) is 30.6 Å². The molecule has 0 saturated heterocycles. The van der Waals surface area contributed by atoms with Gasteiger partial charge in [-0.1, -0.05) is 0 Å². The van der Waals surface area contributed by atoms with Crippen LogP contribution in [0.1, 0.15) is 38.4 Å². The van der Waals surface area contributed by atoms with Crippen LogP contribution < -0.4 is 10.5 Å². The van der Waals surface area contributed by atoms with Gasteiger partial charge in [0.05, 0.1) is 12.4 Å². The Kier molecular flexibility index (Phi) is 3.85. The summed E-state index contributed by atoms with van der Waals surface area (Å²) in [6.07, 6.45) is 3.44. The predicted molar refractivity (Wildman–Crippen MR) is 71.7 cm³/mol. The first-order valence-electron chi connectivity index (χ1n) is 6.24. The minimum Gasteiger partial charge on any atom is -0.454 e. The van der Waals surface area contributed by atoms with Gasteiger partial charge in [0.15, 0.2) is 5.75 Å². The number of halogens is 1. The summed E-state index contributed by atoms with van der Waals surface area (Å²) >= 11 is 0. The van der Waals surface area contributed by atoms with E-state index in [1.165, 1.54) is 12.1 Å². The van der Waals surface area contributed by atoms with Gasteiger partial charge in [0.25, 0.3) is 0 Å². The van der Waals surface area contributed by atoms with Gasteiger partial charge in [0, 0.05) is 17.6 Å². The summed E-state index contributed by atoms with van der Waals surface area (Å²) in [5.74, 6) is 0.847. The Morgan fingerprint density at radius 3 is 2.63 bits per heavy atom. The molecule has 0 unspecified atom stereocenters. The molecule has 1 aromatic carbocycles. The molecule has 1 heterocycles. The number of nitrogens with two attached hydrogens (primary N) is 1. The molecule has 5 heteroatoms. The zero-order valence-corrected chi connectivity index (χ0v) is 11.3. The summed E-state index contributed by atoms with van der Waals surface area (Å²) < 4.78 is 20.8. The third-order valence-electron chi connectivity index (χ3n) is 2.80. The fraction of sp³-hybridized carbons (Fsp3) is 0.357. The molecule has 2 N–H and O–H groups in total. The van der Waals surface area contributed by atoms with Gasteiger partial charge in [0.1, 0.15) is 11.6 Å². The molecule has 0 radical (unpaired) electrons. The van der Waals surface area contributed by atoms with Crippen LogP contribution in [0.25, 0.3) is 0 Å². The van der Waals surface area contributed by atoms with Crippen LogP contribution in [0, 0.1) is 5.82 Å². The van der Waals surface area contributed by atoms with E-state index in [0.717, 1.165) is 0 Å². The Morgan fingerprint density at radius 2 is 2.05 bits per heavy atom. The Morgan fingerprint density at radius 1 is 1.32 bits per heavy atom. The number of nitrogens with zero attached hydrogens (tertiary/aromatic N) is 2. The zero-order chi connectivity index (χ0) is 14.0. The average molecular weight is 263 g/mol. The molecule has 0 fully saturated rings. The maximum Gasteiger partial charge on any atom is 0.165 e. The minimum atomic E-state index is -0.322. The molecule has 0 amide bonds. The van der Waals surface area contributed by atoms with Crippen LogP contribution in [0.5, 0.6) is 11.5 Å². The molecule has 1 atom stereocenters. The van der Waals surface area contributed by atoms with E-state index in [2.05, 4.69) is 5.10 Å². The highest BCUT2D eigenvalue weighted by molar-refractivity contribution is 5.38. The molecule has 0 aliphatic heterocycles. The van der Waals surface area contributed by atoms with Crippen molar-refractivity contribution < 1.29 is 9.13 Å². The lowest BCUT2D eigenvalue weighted by Crippen LogP contribution is -2.07. The molecular weight excluding hydrogens is 245 g/mol. The fourth-order valence-electron chi connectivity index (χ4n) is 1.75. The van der Waals surface area contributed by atoms with E-state index in [9.17, 15) is 4.39 Å². The maximum absolute atomic E-state index is 13.2. The SMILES string of the molecule is CC(C)n1cc(Oc2ccc(F)cc2[C@@H](C)N)cn1. The van der Waals surface area contributed by atoms with Gasteiger partial charge in [-0.05, 0) is 39.0 Å². The van der Waals surface area contributed by atoms with Crippen molar-refractivity contribution in [3.63, 3.8) is 0 Å². The van der Waals surface area contributed by atoms with Crippen molar-refractivity contribution in [2.45, 2.75) is 32.9 Å². The molecule has 0 bridgehead atoms. The zero-order valence-electron chi connectivity index (χ0n) is 11.3. The molecule has 0 aliphatic carbocycles. The highest BCUT2D eigenvalue weighted by atomic mass is 19.1. The van der Waals surface area contributed by atoms with E-state index in [4.69, 9.17) is 10.5 Å². The monoisotopic (exact) mass is 263 g/mol. The summed E-state index contributed by atoms with van der Waals surface area (Å²) in [6, 6.07) is 4.30. The van der Waals surface area contributed by atoms with Crippen molar-refractivity contribution in [3.8, 4) is 11.5 Å². The minimum absolute atomic E-state index is 0.262. The second kappa shape index (κ2) is 5.40. The number of hydrogen-bond donors (Lipinski definition) is 1. The van der Waals surface area contributed by atoms with E-state index in [1.807, 2.05) is 13.8 Å². The first-order valence-corrected chi connectivity index (χ1v) is 6.24. The van der Waals surface area contributed by atoms with Crippen molar-refractivity contribution in [1.29, 1.82) is 0 Å². The van der Waals surface area contributed by atoms with E-state index in [1.54, 1.807) is 30.1 Å². The summed E-state index contributed by atoms with van der Waals surface area (Å²) in [5.41, 5.74) is 6.46. The molecule has 0 spiro atoms. The first kappa shape index (κ1) is 13.5. The summed E-state index contributed by atoms with van der Waals surface area (Å²) in [7, 11) is 0. The second-order valence-electron chi connectivity index (χ2n) is 4.82. The van der Waals surface area contributed by atoms with Crippen LogP contribution in [0.2, 0.25) is 0 Å². The normalized spacial score (nSPS) is 12.7. The van der Waals surface area contributed by atoms with Gasteiger partial charge in [-0.15, -0.1) is 0 Å². The second-order valence-corrected chi connectivity index (χ2v) is 4.82. The molecule has 19 heavy (non-hydrogen) atoms. The number of benzene rings is 1. The van der Waals surface area contributed by atoms with Crippen LogP contribution >= 0.6 is 0 Å². The molecular formula is C14H18FN3O. The van der Waals surface area contributed by atoms with Gasteiger partial charge < -0.3 is 10.5 Å². The molecule has 0 saturated carbocycles. The van der Waals surface area contributed by atoms with E-state index < -0.39 is 0 Å². The lowest BCUT2D eigenvalue weighted by Gasteiger charge is -2.12. The quantitative estimate of drug-likeness (QED) is 0.919. The third kappa shape index (κ3) is 3.12. The smallest absolute Gasteiger partial charge is 0.165 e. The summed E-state index contributed by atoms with van der Waals surface area (Å²) in [6.45, 7) is 5.85. The number of rotatable bonds is 4. The molecule has 0 aliphatic rings. The van der Waals surface area contributed by atoms with Gasteiger partial charge in [-0.2, -0.15) is 5.10 Å². The van der Waals surface area contributed by atoms with Crippen molar-refractivity contribution in [2.75, 3.05) is 0 Å². The van der Waals surface area contributed by atoms with Crippen LogP contribution in [-0.2, 0) is 0 Å². The van der Waals surface area contributed by atoms with Crippen LogP contribution in [0.3, 0.4) is 0 Å². The molecule has 4 nitrogen and oxygen atoms in total. The Labute approximate surface area is 112 Å². The van der Waals surface area contributed by atoms with Gasteiger partial charge in [-0.3, -0.25) is 4.68 Å². The van der Waals surface area contributed by atoms with Crippen molar-refractivity contribution in [2.24, 2.45) is 5.73 Å². The summed E-state index contributed by atoms with van der Waals surface area (Å²) in [5, 5.41) is 4.19. The van der Waals surface area contributed by atoms with E-state index in [-0.39, 0.29) is 17.9 Å². The van der Waals surface area contributed by atoms with Gasteiger partial charge in [0.2, 0.25) is 0 Å². The van der Waals surface area contributed by atoms with Crippen molar-refractivity contribution in [3.05, 3.63) is 42.0 Å². The highest BCUT2D eigenvalue weighted by Gasteiger charge is 2.11. The van der Waals surface area contributed by atoms with E-state index in [0.29, 0.717) is 17.1 Å². The topological polar surface area (TPSA) is 53.1 Å². The lowest BCUT2D eigenvalue weighted by atomic mass is 10.1. The predicted octanol–water partition coefficient (Wildman–Crippen LogP) is 3.42. The van der Waals surface area contributed by atoms with Gasteiger partial charge >= 0.3 is 0 Å². The lowest BCUT2D eigenvalue weighted by molar-refractivity contribution is 0.465. The number of hydrogen-bond acceptors (Lipinski definition) is 3. The van der Waals surface area contributed by atoms with Crippen molar-refractivity contribution in [1.82, 2.24) is 9.78 Å². The highest BCUT2D eigenvalue weighted by Crippen LogP contribution is 2.29. The van der Waals surface area contributed by atoms with Crippen LogP contribution in [-0.4, -0.2) is 9.78 Å². The third-order valence-corrected chi connectivity index (χ3v) is 2.80. The first-order chi connectivity index (χ1) is 8.97. The maximum atomic E-state index is 13.2. The molecule has 2 rings (SSSR count). The number of aromatic nitrogens is 2. The van der Waals surface area contributed by atoms with Crippen LogP contribution in [0.4, 0.5) is 4.39 Å². The van der Waals surface area contributed by atoms with Crippen molar-refractivity contribution >= 4 is 0 Å². The standard InChI is InChI=1S/C14H18FN3O/c1-9(2)18-8-12(7-17-18)19-14-5-4-11(15)6-13(14)10(3)16/h4-10H,16H2,1-3H3/t10-/m1/s1. The molecule has 1 aromatic heterocycles. The van der Waals surface area contributed by atoms with E-state index >= 15 is 0 Å². The molecule has 102 valence electrons. The Hall–Kier alpha value is -1.88. The largest absolute Gasteiger partial charge is 0.454 e. The Balaban J connectivity index is 2.27. The Bertz CT molecular complexity index is 564. The molecule has 2 aromatic rings.